The van der Waals surface area contributed by atoms with Gasteiger partial charge in [0, 0.05) is 12.1 Å². The lowest BCUT2D eigenvalue weighted by Crippen LogP contribution is -2.17. The number of hydrogen-bond acceptors (Lipinski definition) is 6. The predicted molar refractivity (Wildman–Crippen MR) is 53.4 cm³/mol. The Kier molecular flexibility index (Phi) is 3.74. The summed E-state index contributed by atoms with van der Waals surface area (Å²) in [6, 6.07) is 7.63. The van der Waals surface area contributed by atoms with Crippen LogP contribution in [0.5, 0.6) is 5.75 Å². The second kappa shape index (κ2) is 5.24. The summed E-state index contributed by atoms with van der Waals surface area (Å²) in [6.45, 7) is 0. The number of ether oxygens (including phenoxy) is 1. The summed E-state index contributed by atoms with van der Waals surface area (Å²) in [4.78, 5) is 20.9. The van der Waals surface area contributed by atoms with E-state index in [-0.39, 0.29) is 11.4 Å². The highest BCUT2D eigenvalue weighted by Crippen LogP contribution is 2.18. The fraction of sp³-hybridized carbons (Fsp3) is 0.100. The van der Waals surface area contributed by atoms with Crippen LogP contribution in [-0.4, -0.2) is 10.9 Å². The van der Waals surface area contributed by atoms with Crippen LogP contribution in [0.3, 0.4) is 0 Å². The second-order valence-electron chi connectivity index (χ2n) is 2.86. The molecule has 0 aromatic heterocycles. The Bertz CT molecular complexity index is 510. The van der Waals surface area contributed by atoms with Gasteiger partial charge < -0.3 is 4.74 Å². The fourth-order valence-electron chi connectivity index (χ4n) is 0.945. The number of nitriles is 2. The lowest BCUT2D eigenvalue weighted by atomic mass is 10.2. The van der Waals surface area contributed by atoms with E-state index in [1.54, 1.807) is 0 Å². The quantitative estimate of drug-likeness (QED) is 0.333. The molecule has 0 atom stereocenters. The summed E-state index contributed by atoms with van der Waals surface area (Å²) >= 11 is 0. The molecule has 0 aliphatic heterocycles. The van der Waals surface area contributed by atoms with E-state index in [9.17, 15) is 14.9 Å². The minimum atomic E-state index is -1.51. The molecular formula is C10H5N3O4. The van der Waals surface area contributed by atoms with E-state index in [4.69, 9.17) is 10.5 Å². The number of nitro benzene ring substituents is 1. The van der Waals surface area contributed by atoms with Crippen molar-refractivity contribution >= 4 is 11.7 Å². The number of rotatable bonds is 3. The molecule has 0 aliphatic carbocycles. The van der Waals surface area contributed by atoms with Gasteiger partial charge in [0.05, 0.1) is 17.1 Å². The van der Waals surface area contributed by atoms with Gasteiger partial charge in [-0.05, 0) is 12.1 Å². The zero-order valence-corrected chi connectivity index (χ0v) is 8.36. The van der Waals surface area contributed by atoms with E-state index >= 15 is 0 Å². The zero-order valence-electron chi connectivity index (χ0n) is 8.36. The standard InChI is InChI=1S/C10H5N3O4/c11-5-7(6-12)10(14)17-9-3-1-8(2-4-9)13(15)16/h1-4,7H. The van der Waals surface area contributed by atoms with E-state index in [0.717, 1.165) is 12.1 Å². The maximum atomic E-state index is 11.2. The van der Waals surface area contributed by atoms with Crippen LogP contribution < -0.4 is 4.74 Å². The normalized spacial score (nSPS) is 9.12. The zero-order chi connectivity index (χ0) is 12.8. The van der Waals surface area contributed by atoms with Crippen molar-refractivity contribution in [3.63, 3.8) is 0 Å². The van der Waals surface area contributed by atoms with Crippen molar-refractivity contribution in [2.24, 2.45) is 5.92 Å². The first-order valence-corrected chi connectivity index (χ1v) is 4.34. The van der Waals surface area contributed by atoms with Crippen molar-refractivity contribution in [3.8, 4) is 17.9 Å². The van der Waals surface area contributed by atoms with Gasteiger partial charge in [0.1, 0.15) is 5.75 Å². The van der Waals surface area contributed by atoms with Crippen molar-refractivity contribution in [2.75, 3.05) is 0 Å². The Labute approximate surface area is 95.6 Å². The summed E-state index contributed by atoms with van der Waals surface area (Å²) in [7, 11) is 0. The van der Waals surface area contributed by atoms with Gasteiger partial charge in [0.15, 0.2) is 0 Å². The monoisotopic (exact) mass is 231 g/mol. The first-order chi connectivity index (χ1) is 8.08. The number of esters is 1. The van der Waals surface area contributed by atoms with Crippen molar-refractivity contribution in [3.05, 3.63) is 34.4 Å². The molecule has 0 heterocycles. The third-order valence-electron chi connectivity index (χ3n) is 1.76. The predicted octanol–water partition coefficient (Wildman–Crippen LogP) is 1.16. The number of benzene rings is 1. The molecule has 0 spiro atoms. The number of hydrogen-bond donors (Lipinski definition) is 0. The van der Waals surface area contributed by atoms with Gasteiger partial charge in [0.25, 0.3) is 5.69 Å². The van der Waals surface area contributed by atoms with Gasteiger partial charge in [-0.2, -0.15) is 10.5 Å². The molecule has 0 radical (unpaired) electrons. The van der Waals surface area contributed by atoms with Crippen LogP contribution in [-0.2, 0) is 4.79 Å². The van der Waals surface area contributed by atoms with Gasteiger partial charge >= 0.3 is 5.97 Å². The van der Waals surface area contributed by atoms with E-state index in [1.165, 1.54) is 24.3 Å². The molecule has 1 rings (SSSR count). The summed E-state index contributed by atoms with van der Waals surface area (Å²) < 4.78 is 4.69. The summed E-state index contributed by atoms with van der Waals surface area (Å²) in [5, 5.41) is 27.2. The largest absolute Gasteiger partial charge is 0.425 e. The molecular weight excluding hydrogens is 226 g/mol. The smallest absolute Gasteiger partial charge is 0.343 e. The molecule has 7 nitrogen and oxygen atoms in total. The Morgan fingerprint density at radius 2 is 1.82 bits per heavy atom. The van der Waals surface area contributed by atoms with E-state index in [2.05, 4.69) is 4.74 Å². The van der Waals surface area contributed by atoms with Crippen LogP contribution in [0.2, 0.25) is 0 Å². The second-order valence-corrected chi connectivity index (χ2v) is 2.86. The first-order valence-electron chi connectivity index (χ1n) is 4.34. The first kappa shape index (κ1) is 12.1. The summed E-state index contributed by atoms with van der Waals surface area (Å²) in [5.41, 5.74) is -0.151. The third-order valence-corrected chi connectivity index (χ3v) is 1.76. The fourth-order valence-corrected chi connectivity index (χ4v) is 0.945. The van der Waals surface area contributed by atoms with Gasteiger partial charge in [-0.15, -0.1) is 0 Å². The Hall–Kier alpha value is -2.93. The van der Waals surface area contributed by atoms with E-state index in [1.807, 2.05) is 0 Å². The SMILES string of the molecule is N#CC(C#N)C(=O)Oc1ccc([N+](=O)[O-])cc1. The number of nitrogens with zero attached hydrogens (tertiary/aromatic N) is 3. The van der Waals surface area contributed by atoms with Crippen LogP contribution in [0.15, 0.2) is 24.3 Å². The molecule has 7 heteroatoms. The third kappa shape index (κ3) is 3.01. The van der Waals surface area contributed by atoms with Crippen LogP contribution in [0, 0.1) is 38.7 Å². The average Bonchev–Trinajstić information content (AvgIpc) is 2.31. The Morgan fingerprint density at radius 1 is 1.29 bits per heavy atom. The Balaban J connectivity index is 2.78. The number of nitro groups is 1. The topological polar surface area (TPSA) is 117 Å². The molecule has 84 valence electrons. The van der Waals surface area contributed by atoms with Gasteiger partial charge in [-0.25, -0.2) is 4.79 Å². The summed E-state index contributed by atoms with van der Waals surface area (Å²) in [5.74, 6) is -2.48. The molecule has 1 aromatic carbocycles. The molecule has 17 heavy (non-hydrogen) atoms. The maximum absolute atomic E-state index is 11.2. The Morgan fingerprint density at radius 3 is 2.24 bits per heavy atom. The molecule has 0 aliphatic rings. The maximum Gasteiger partial charge on any atom is 0.343 e. The van der Waals surface area contributed by atoms with Crippen LogP contribution >= 0.6 is 0 Å². The van der Waals surface area contributed by atoms with Crippen LogP contribution in [0.25, 0.3) is 0 Å². The van der Waals surface area contributed by atoms with Gasteiger partial charge in [-0.3, -0.25) is 10.1 Å². The van der Waals surface area contributed by atoms with E-state index in [0.29, 0.717) is 0 Å². The lowest BCUT2D eigenvalue weighted by Gasteiger charge is -2.03. The molecule has 0 bridgehead atoms. The molecule has 0 saturated carbocycles. The number of non-ortho nitro benzene ring substituents is 1. The van der Waals surface area contributed by atoms with Crippen LogP contribution in [0.4, 0.5) is 5.69 Å². The van der Waals surface area contributed by atoms with E-state index < -0.39 is 16.8 Å². The van der Waals surface area contributed by atoms with Crippen molar-refractivity contribution in [2.45, 2.75) is 0 Å². The minimum Gasteiger partial charge on any atom is -0.425 e. The van der Waals surface area contributed by atoms with Crippen molar-refractivity contribution < 1.29 is 14.5 Å². The number of carbonyl (C=O) groups is 1. The van der Waals surface area contributed by atoms with Crippen molar-refractivity contribution in [1.29, 1.82) is 10.5 Å². The molecule has 0 N–H and O–H groups in total. The summed E-state index contributed by atoms with van der Waals surface area (Å²) in [6.07, 6.45) is 0. The highest BCUT2D eigenvalue weighted by Gasteiger charge is 2.19. The molecule has 1 aromatic rings. The molecule has 0 saturated heterocycles. The molecule has 0 amide bonds. The average molecular weight is 231 g/mol. The minimum absolute atomic E-state index is 0.0381. The van der Waals surface area contributed by atoms with Crippen molar-refractivity contribution in [1.82, 2.24) is 0 Å². The lowest BCUT2D eigenvalue weighted by molar-refractivity contribution is -0.384. The highest BCUT2D eigenvalue weighted by atomic mass is 16.6. The highest BCUT2D eigenvalue weighted by molar-refractivity contribution is 5.80. The van der Waals surface area contributed by atoms with Gasteiger partial charge in [0.2, 0.25) is 5.92 Å². The number of carbonyl (C=O) groups excluding carboxylic acids is 1. The van der Waals surface area contributed by atoms with Gasteiger partial charge in [-0.1, -0.05) is 0 Å². The van der Waals surface area contributed by atoms with Crippen LogP contribution in [0.1, 0.15) is 0 Å². The molecule has 0 fully saturated rings. The molecule has 0 unspecified atom stereocenters.